The highest BCUT2D eigenvalue weighted by Crippen LogP contribution is 2.32. The number of aliphatic hydroxyl groups excluding tert-OH is 2. The van der Waals surface area contributed by atoms with Crippen LogP contribution in [0.5, 0.6) is 0 Å². The first-order chi connectivity index (χ1) is 13.0. The van der Waals surface area contributed by atoms with Crippen molar-refractivity contribution in [2.75, 3.05) is 18.1 Å². The Balaban J connectivity index is 1.44. The Kier molecular flexibility index (Phi) is 4.62. The molecular weight excluding hydrogens is 352 g/mol. The number of imidazole rings is 1. The Bertz CT molecular complexity index is 931. The maximum absolute atomic E-state index is 10.4. The van der Waals surface area contributed by atoms with E-state index in [0.29, 0.717) is 23.5 Å². The second kappa shape index (κ2) is 7.08. The highest BCUT2D eigenvalue weighted by atomic mass is 16.6. The summed E-state index contributed by atoms with van der Waals surface area (Å²) in [7, 11) is 0. The molecule has 2 aromatic heterocycles. The Labute approximate surface area is 154 Å². The molecule has 4 atom stereocenters. The summed E-state index contributed by atoms with van der Waals surface area (Å²) < 4.78 is 13.0. The fraction of sp³-hybridized carbons (Fsp3) is 0.353. The average molecular weight is 372 g/mol. The predicted octanol–water partition coefficient (Wildman–Crippen LogP) is -0.173. The van der Waals surface area contributed by atoms with Crippen LogP contribution in [0, 0.1) is 0 Å². The van der Waals surface area contributed by atoms with Gasteiger partial charge >= 0.3 is 0 Å². The highest BCUT2D eigenvalue weighted by Gasteiger charge is 2.44. The zero-order valence-corrected chi connectivity index (χ0v) is 14.3. The standard InChI is InChI=1S/C17H20N6O4/c18-10-3-1-9(2-4-10)5-26-6-11-13(24)14(25)17(27-11)23-8-22-12-15(19)20-7-21-16(12)23/h1-4,7-8,11,13-14,17,24-25H,5-6,18H2,(H2,19,20,21)/t11-,13-,14-,17-/m1/s1. The van der Waals surface area contributed by atoms with Crippen molar-refractivity contribution in [2.45, 2.75) is 31.1 Å². The van der Waals surface area contributed by atoms with E-state index < -0.39 is 24.5 Å². The van der Waals surface area contributed by atoms with Crippen LogP contribution in [0.25, 0.3) is 11.2 Å². The lowest BCUT2D eigenvalue weighted by Gasteiger charge is -2.16. The molecular formula is C17H20N6O4. The molecule has 0 saturated carbocycles. The van der Waals surface area contributed by atoms with Gasteiger partial charge in [0.05, 0.1) is 19.5 Å². The van der Waals surface area contributed by atoms with Gasteiger partial charge in [-0.1, -0.05) is 12.1 Å². The topological polar surface area (TPSA) is 155 Å². The summed E-state index contributed by atoms with van der Waals surface area (Å²) in [6, 6.07) is 7.30. The number of aliphatic hydroxyl groups is 2. The third-order valence-electron chi connectivity index (χ3n) is 4.53. The zero-order chi connectivity index (χ0) is 19.0. The van der Waals surface area contributed by atoms with Crippen LogP contribution >= 0.6 is 0 Å². The van der Waals surface area contributed by atoms with Crippen molar-refractivity contribution in [1.82, 2.24) is 19.5 Å². The number of aromatic nitrogens is 4. The molecule has 0 radical (unpaired) electrons. The molecule has 0 amide bonds. The van der Waals surface area contributed by atoms with Crippen LogP contribution in [0.4, 0.5) is 11.5 Å². The molecule has 0 bridgehead atoms. The van der Waals surface area contributed by atoms with Gasteiger partial charge in [-0.05, 0) is 17.7 Å². The predicted molar refractivity (Wildman–Crippen MR) is 96.2 cm³/mol. The second-order valence-corrected chi connectivity index (χ2v) is 6.39. The molecule has 142 valence electrons. The van der Waals surface area contributed by atoms with E-state index in [1.807, 2.05) is 12.1 Å². The molecule has 4 rings (SSSR count). The van der Waals surface area contributed by atoms with Crippen molar-refractivity contribution in [3.8, 4) is 0 Å². The summed E-state index contributed by atoms with van der Waals surface area (Å²) in [5, 5.41) is 20.7. The molecule has 3 aromatic rings. The molecule has 0 spiro atoms. The molecule has 1 saturated heterocycles. The first kappa shape index (κ1) is 17.6. The minimum Gasteiger partial charge on any atom is -0.399 e. The van der Waals surface area contributed by atoms with Gasteiger partial charge in [-0.15, -0.1) is 0 Å². The van der Waals surface area contributed by atoms with E-state index in [4.69, 9.17) is 20.9 Å². The van der Waals surface area contributed by atoms with Gasteiger partial charge in [0, 0.05) is 5.69 Å². The van der Waals surface area contributed by atoms with Gasteiger partial charge in [0.15, 0.2) is 17.7 Å². The second-order valence-electron chi connectivity index (χ2n) is 6.39. The number of fused-ring (bicyclic) bond motifs is 1. The van der Waals surface area contributed by atoms with Crippen LogP contribution in [0.15, 0.2) is 36.9 Å². The summed E-state index contributed by atoms with van der Waals surface area (Å²) in [4.78, 5) is 12.2. The van der Waals surface area contributed by atoms with E-state index in [1.54, 1.807) is 12.1 Å². The molecule has 27 heavy (non-hydrogen) atoms. The summed E-state index contributed by atoms with van der Waals surface area (Å²) in [5.41, 5.74) is 13.9. The van der Waals surface area contributed by atoms with Gasteiger partial charge in [-0.25, -0.2) is 15.0 Å². The zero-order valence-electron chi connectivity index (χ0n) is 14.3. The number of nitrogens with zero attached hydrogens (tertiary/aromatic N) is 4. The molecule has 10 nitrogen and oxygen atoms in total. The Hall–Kier alpha value is -2.79. The van der Waals surface area contributed by atoms with Crippen molar-refractivity contribution in [1.29, 1.82) is 0 Å². The fourth-order valence-corrected chi connectivity index (χ4v) is 3.06. The molecule has 3 heterocycles. The first-order valence-corrected chi connectivity index (χ1v) is 8.41. The minimum atomic E-state index is -1.16. The number of ether oxygens (including phenoxy) is 2. The third-order valence-corrected chi connectivity index (χ3v) is 4.53. The highest BCUT2D eigenvalue weighted by molar-refractivity contribution is 5.81. The van der Waals surface area contributed by atoms with Crippen LogP contribution in [0.2, 0.25) is 0 Å². The average Bonchev–Trinajstić information content (AvgIpc) is 3.21. The van der Waals surface area contributed by atoms with Crippen LogP contribution in [-0.4, -0.2) is 54.7 Å². The van der Waals surface area contributed by atoms with Crippen LogP contribution < -0.4 is 11.5 Å². The smallest absolute Gasteiger partial charge is 0.167 e. The summed E-state index contributed by atoms with van der Waals surface area (Å²) in [5.74, 6) is 0.232. The molecule has 10 heteroatoms. The third kappa shape index (κ3) is 3.30. The SMILES string of the molecule is Nc1ccc(COC[C@H]2O[C@@H](n3cnc4c(N)ncnc43)[C@H](O)[C@@H]2O)cc1. The summed E-state index contributed by atoms with van der Waals surface area (Å²) in [6.45, 7) is 0.453. The van der Waals surface area contributed by atoms with E-state index in [-0.39, 0.29) is 12.4 Å². The number of hydrogen-bond acceptors (Lipinski definition) is 9. The van der Waals surface area contributed by atoms with Crippen molar-refractivity contribution in [3.63, 3.8) is 0 Å². The molecule has 0 aliphatic carbocycles. The van der Waals surface area contributed by atoms with Gasteiger partial charge < -0.3 is 31.2 Å². The molecule has 1 fully saturated rings. The van der Waals surface area contributed by atoms with Crippen molar-refractivity contribution >= 4 is 22.7 Å². The van der Waals surface area contributed by atoms with E-state index in [2.05, 4.69) is 15.0 Å². The van der Waals surface area contributed by atoms with Crippen LogP contribution in [-0.2, 0) is 16.1 Å². The molecule has 1 aromatic carbocycles. The number of hydrogen-bond donors (Lipinski definition) is 4. The van der Waals surface area contributed by atoms with E-state index in [1.165, 1.54) is 17.2 Å². The maximum atomic E-state index is 10.4. The normalized spacial score (nSPS) is 25.3. The lowest BCUT2D eigenvalue weighted by molar-refractivity contribution is -0.0682. The first-order valence-electron chi connectivity index (χ1n) is 8.41. The molecule has 1 aliphatic heterocycles. The number of rotatable bonds is 5. The Morgan fingerprint density at radius 2 is 1.85 bits per heavy atom. The lowest BCUT2D eigenvalue weighted by atomic mass is 10.1. The summed E-state index contributed by atoms with van der Waals surface area (Å²) >= 11 is 0. The van der Waals surface area contributed by atoms with Crippen molar-refractivity contribution in [3.05, 3.63) is 42.5 Å². The number of benzene rings is 1. The largest absolute Gasteiger partial charge is 0.399 e. The van der Waals surface area contributed by atoms with Crippen molar-refractivity contribution < 1.29 is 19.7 Å². The van der Waals surface area contributed by atoms with Gasteiger partial charge in [-0.3, -0.25) is 4.57 Å². The Morgan fingerprint density at radius 3 is 2.63 bits per heavy atom. The van der Waals surface area contributed by atoms with Gasteiger partial charge in [0.2, 0.25) is 0 Å². The Morgan fingerprint density at radius 1 is 1.07 bits per heavy atom. The molecule has 0 unspecified atom stereocenters. The van der Waals surface area contributed by atoms with Crippen molar-refractivity contribution in [2.24, 2.45) is 0 Å². The van der Waals surface area contributed by atoms with Crippen LogP contribution in [0.3, 0.4) is 0 Å². The lowest BCUT2D eigenvalue weighted by Crippen LogP contribution is -2.33. The van der Waals surface area contributed by atoms with Gasteiger partial charge in [-0.2, -0.15) is 0 Å². The van der Waals surface area contributed by atoms with Crippen LogP contribution in [0.1, 0.15) is 11.8 Å². The van der Waals surface area contributed by atoms with Gasteiger partial charge in [0.25, 0.3) is 0 Å². The molecule has 1 aliphatic rings. The maximum Gasteiger partial charge on any atom is 0.167 e. The van der Waals surface area contributed by atoms with E-state index in [9.17, 15) is 10.2 Å². The van der Waals surface area contributed by atoms with E-state index >= 15 is 0 Å². The van der Waals surface area contributed by atoms with E-state index in [0.717, 1.165) is 5.56 Å². The molecule has 6 N–H and O–H groups in total. The number of nitrogens with two attached hydrogens (primary N) is 2. The van der Waals surface area contributed by atoms with Gasteiger partial charge in [0.1, 0.15) is 30.2 Å². The monoisotopic (exact) mass is 372 g/mol. The minimum absolute atomic E-state index is 0.114. The number of nitrogen functional groups attached to an aromatic ring is 2. The summed E-state index contributed by atoms with van der Waals surface area (Å²) in [6.07, 6.45) is -1.07. The number of anilines is 2. The fourth-order valence-electron chi connectivity index (χ4n) is 3.06. The quantitative estimate of drug-likeness (QED) is 0.447.